The highest BCUT2D eigenvalue weighted by molar-refractivity contribution is 7.89. The molecule has 2 aliphatic heterocycles. The normalized spacial score (nSPS) is 20.6. The van der Waals surface area contributed by atoms with Gasteiger partial charge in [-0.05, 0) is 43.4 Å². The van der Waals surface area contributed by atoms with Crippen molar-refractivity contribution >= 4 is 21.8 Å². The van der Waals surface area contributed by atoms with E-state index in [1.54, 1.807) is 24.3 Å². The highest BCUT2D eigenvalue weighted by Gasteiger charge is 2.25. The number of carbonyl (C=O) groups is 2. The highest BCUT2D eigenvalue weighted by atomic mass is 32.2. The zero-order valence-corrected chi connectivity index (χ0v) is 16.7. The van der Waals surface area contributed by atoms with Crippen LogP contribution < -0.4 is 10.6 Å². The summed E-state index contributed by atoms with van der Waals surface area (Å²) in [6.45, 7) is 2.28. The Morgan fingerprint density at radius 2 is 1.68 bits per heavy atom. The number of amides is 2. The molecule has 2 saturated heterocycles. The fraction of sp³-hybridized carbons (Fsp3) is 0.579. The van der Waals surface area contributed by atoms with Crippen LogP contribution in [-0.4, -0.2) is 56.9 Å². The van der Waals surface area contributed by atoms with Crippen molar-refractivity contribution in [2.45, 2.75) is 49.6 Å². The molecule has 1 atom stereocenters. The molecule has 2 N–H and O–H groups in total. The van der Waals surface area contributed by atoms with Crippen LogP contribution >= 0.6 is 0 Å². The summed E-state index contributed by atoms with van der Waals surface area (Å²) >= 11 is 0. The molecule has 1 unspecified atom stereocenters. The van der Waals surface area contributed by atoms with Crippen LogP contribution in [0.2, 0.25) is 0 Å². The molecule has 0 spiro atoms. The first-order valence-electron chi connectivity index (χ1n) is 9.73. The number of hydrogen-bond donors (Lipinski definition) is 2. The van der Waals surface area contributed by atoms with Gasteiger partial charge >= 0.3 is 11.8 Å². The smallest absolute Gasteiger partial charge is 0.309 e. The van der Waals surface area contributed by atoms with E-state index in [-0.39, 0.29) is 17.5 Å². The fourth-order valence-corrected chi connectivity index (χ4v) is 4.91. The number of sulfonamides is 1. The van der Waals surface area contributed by atoms with Gasteiger partial charge in [0.1, 0.15) is 0 Å². The van der Waals surface area contributed by atoms with Gasteiger partial charge in [0.25, 0.3) is 0 Å². The van der Waals surface area contributed by atoms with Gasteiger partial charge in [-0.2, -0.15) is 4.31 Å². The van der Waals surface area contributed by atoms with Gasteiger partial charge < -0.3 is 15.4 Å². The first kappa shape index (κ1) is 20.8. The molecule has 2 amide bonds. The number of benzene rings is 1. The van der Waals surface area contributed by atoms with Crippen LogP contribution in [0.5, 0.6) is 0 Å². The van der Waals surface area contributed by atoms with E-state index in [1.807, 2.05) is 0 Å². The fourth-order valence-electron chi connectivity index (χ4n) is 3.39. The summed E-state index contributed by atoms with van der Waals surface area (Å²) in [6, 6.07) is 6.40. The van der Waals surface area contributed by atoms with Crippen molar-refractivity contribution in [1.82, 2.24) is 14.9 Å². The molecular formula is C19H27N3O5S. The molecule has 0 radical (unpaired) electrons. The number of hydrogen-bond acceptors (Lipinski definition) is 5. The van der Waals surface area contributed by atoms with E-state index in [0.717, 1.165) is 37.7 Å². The predicted molar refractivity (Wildman–Crippen MR) is 103 cm³/mol. The van der Waals surface area contributed by atoms with Gasteiger partial charge in [0, 0.05) is 32.8 Å². The molecule has 0 bridgehead atoms. The van der Waals surface area contributed by atoms with Gasteiger partial charge in [0.05, 0.1) is 11.0 Å². The number of carbonyl (C=O) groups excluding carboxylic acids is 2. The molecular weight excluding hydrogens is 382 g/mol. The van der Waals surface area contributed by atoms with Crippen molar-refractivity contribution in [2.75, 3.05) is 26.2 Å². The number of ether oxygens (including phenoxy) is 1. The maximum Gasteiger partial charge on any atom is 0.309 e. The quantitative estimate of drug-likeness (QED) is 0.676. The summed E-state index contributed by atoms with van der Waals surface area (Å²) in [7, 11) is -3.47. The van der Waals surface area contributed by atoms with Crippen molar-refractivity contribution in [3.63, 3.8) is 0 Å². The Kier molecular flexibility index (Phi) is 7.03. The third kappa shape index (κ3) is 5.30. The second-order valence-corrected chi connectivity index (χ2v) is 9.07. The Hall–Kier alpha value is -1.97. The lowest BCUT2D eigenvalue weighted by Crippen LogP contribution is -2.42. The van der Waals surface area contributed by atoms with Crippen molar-refractivity contribution in [3.8, 4) is 0 Å². The summed E-state index contributed by atoms with van der Waals surface area (Å²) in [4.78, 5) is 24.0. The van der Waals surface area contributed by atoms with Crippen LogP contribution in [0.4, 0.5) is 0 Å². The third-order valence-corrected chi connectivity index (χ3v) is 6.96. The highest BCUT2D eigenvalue weighted by Crippen LogP contribution is 2.20. The van der Waals surface area contributed by atoms with Crippen LogP contribution in [-0.2, 0) is 30.9 Å². The van der Waals surface area contributed by atoms with E-state index in [2.05, 4.69) is 10.6 Å². The second kappa shape index (κ2) is 9.49. The lowest BCUT2D eigenvalue weighted by molar-refractivity contribution is -0.139. The van der Waals surface area contributed by atoms with E-state index in [1.165, 1.54) is 4.31 Å². The molecule has 2 heterocycles. The van der Waals surface area contributed by atoms with Crippen molar-refractivity contribution in [2.24, 2.45) is 0 Å². The average Bonchev–Trinajstić information content (AvgIpc) is 3.25. The Morgan fingerprint density at radius 3 is 2.32 bits per heavy atom. The van der Waals surface area contributed by atoms with E-state index < -0.39 is 21.8 Å². The number of piperidine rings is 1. The zero-order valence-electron chi connectivity index (χ0n) is 15.9. The van der Waals surface area contributed by atoms with Crippen LogP contribution in [0.25, 0.3) is 0 Å². The second-order valence-electron chi connectivity index (χ2n) is 7.14. The average molecular weight is 410 g/mol. The molecule has 2 aliphatic rings. The van der Waals surface area contributed by atoms with Gasteiger partial charge in [-0.15, -0.1) is 0 Å². The summed E-state index contributed by atoms with van der Waals surface area (Å²) in [5, 5.41) is 5.11. The summed E-state index contributed by atoms with van der Waals surface area (Å²) in [5.74, 6) is -1.41. The largest absolute Gasteiger partial charge is 0.376 e. The van der Waals surface area contributed by atoms with Gasteiger partial charge in [-0.25, -0.2) is 8.42 Å². The minimum Gasteiger partial charge on any atom is -0.376 e. The molecule has 28 heavy (non-hydrogen) atoms. The first-order chi connectivity index (χ1) is 13.5. The molecule has 1 aromatic rings. The van der Waals surface area contributed by atoms with E-state index in [4.69, 9.17) is 4.74 Å². The summed E-state index contributed by atoms with van der Waals surface area (Å²) < 4.78 is 32.2. The van der Waals surface area contributed by atoms with E-state index >= 15 is 0 Å². The van der Waals surface area contributed by atoms with Crippen LogP contribution in [0.1, 0.15) is 37.7 Å². The van der Waals surface area contributed by atoms with Crippen molar-refractivity contribution in [1.29, 1.82) is 0 Å². The minimum absolute atomic E-state index is 0.0221. The Morgan fingerprint density at radius 1 is 1.00 bits per heavy atom. The Balaban J connectivity index is 1.48. The standard InChI is InChI=1S/C19H27N3O5S/c23-18(19(24)21-14-16-5-4-12-27-16)20-13-15-6-8-17(9-7-15)28(25,26)22-10-2-1-3-11-22/h6-9,16H,1-5,10-14H2,(H,20,23)(H,21,24). The predicted octanol–water partition coefficient (Wildman–Crippen LogP) is 0.773. The van der Waals surface area contributed by atoms with Crippen molar-refractivity contribution in [3.05, 3.63) is 29.8 Å². The van der Waals surface area contributed by atoms with Crippen molar-refractivity contribution < 1.29 is 22.7 Å². The Labute approximate surface area is 165 Å². The molecule has 8 nitrogen and oxygen atoms in total. The van der Waals surface area contributed by atoms with Gasteiger partial charge in [-0.1, -0.05) is 18.6 Å². The maximum atomic E-state index is 12.6. The van der Waals surface area contributed by atoms with E-state index in [0.29, 0.717) is 26.2 Å². The Bertz CT molecular complexity index is 782. The lowest BCUT2D eigenvalue weighted by Gasteiger charge is -2.25. The summed E-state index contributed by atoms with van der Waals surface area (Å²) in [5.41, 5.74) is 0.720. The molecule has 0 aliphatic carbocycles. The molecule has 154 valence electrons. The molecule has 0 saturated carbocycles. The number of nitrogens with one attached hydrogen (secondary N) is 2. The number of rotatable bonds is 6. The molecule has 3 rings (SSSR count). The molecule has 2 fully saturated rings. The number of nitrogens with zero attached hydrogens (tertiary/aromatic N) is 1. The first-order valence-corrected chi connectivity index (χ1v) is 11.2. The third-order valence-electron chi connectivity index (χ3n) is 5.05. The van der Waals surface area contributed by atoms with Gasteiger partial charge in [0.15, 0.2) is 0 Å². The van der Waals surface area contributed by atoms with Crippen LogP contribution in [0.15, 0.2) is 29.2 Å². The lowest BCUT2D eigenvalue weighted by atomic mass is 10.2. The SMILES string of the molecule is O=C(NCc1ccc(S(=O)(=O)N2CCCCC2)cc1)C(=O)NCC1CCCO1. The topological polar surface area (TPSA) is 105 Å². The van der Waals surface area contributed by atoms with Crippen LogP contribution in [0.3, 0.4) is 0 Å². The molecule has 9 heteroatoms. The monoisotopic (exact) mass is 409 g/mol. The minimum atomic E-state index is -3.47. The van der Waals surface area contributed by atoms with E-state index in [9.17, 15) is 18.0 Å². The van der Waals surface area contributed by atoms with Crippen LogP contribution in [0, 0.1) is 0 Å². The molecule has 0 aromatic heterocycles. The zero-order chi connectivity index (χ0) is 20.0. The molecule has 1 aromatic carbocycles. The van der Waals surface area contributed by atoms with Gasteiger partial charge in [-0.3, -0.25) is 9.59 Å². The maximum absolute atomic E-state index is 12.6. The summed E-state index contributed by atoms with van der Waals surface area (Å²) in [6.07, 6.45) is 4.67. The van der Waals surface area contributed by atoms with Gasteiger partial charge in [0.2, 0.25) is 10.0 Å².